The second-order valence-electron chi connectivity index (χ2n) is 6.11. The minimum Gasteiger partial charge on any atom is -0.481 e. The second kappa shape index (κ2) is 4.72. The lowest BCUT2D eigenvalue weighted by Crippen LogP contribution is -2.43. The van der Waals surface area contributed by atoms with Gasteiger partial charge < -0.3 is 15.2 Å². The molecule has 1 aliphatic heterocycles. The van der Waals surface area contributed by atoms with Crippen LogP contribution in [0.5, 0.6) is 0 Å². The zero-order chi connectivity index (χ0) is 14.3. The number of nitrogens with zero attached hydrogens (tertiary/aromatic N) is 2. The third-order valence-corrected chi connectivity index (χ3v) is 3.98. The molecule has 7 heteroatoms. The Balaban J connectivity index is 2.13. The molecule has 0 aromatic carbocycles. The lowest BCUT2D eigenvalue weighted by Gasteiger charge is -2.24. The number of carboxylic acid groups (broad SMARTS) is 1. The van der Waals surface area contributed by atoms with Gasteiger partial charge in [0.1, 0.15) is 11.2 Å². The van der Waals surface area contributed by atoms with E-state index in [-0.39, 0.29) is 18.1 Å². The fourth-order valence-corrected chi connectivity index (χ4v) is 2.63. The van der Waals surface area contributed by atoms with E-state index in [1.165, 1.54) is 11.5 Å². The predicted molar refractivity (Wildman–Crippen MR) is 72.6 cm³/mol. The molecule has 0 saturated carbocycles. The van der Waals surface area contributed by atoms with Gasteiger partial charge in [-0.3, -0.25) is 4.79 Å². The lowest BCUT2D eigenvalue weighted by atomic mass is 9.85. The van der Waals surface area contributed by atoms with Gasteiger partial charge in [0.15, 0.2) is 0 Å². The van der Waals surface area contributed by atoms with Crippen molar-refractivity contribution in [3.05, 3.63) is 5.82 Å². The van der Waals surface area contributed by atoms with E-state index in [0.29, 0.717) is 11.7 Å². The Labute approximate surface area is 116 Å². The van der Waals surface area contributed by atoms with Crippen LogP contribution in [0.1, 0.15) is 33.5 Å². The van der Waals surface area contributed by atoms with Crippen molar-refractivity contribution in [2.24, 2.45) is 5.41 Å². The smallest absolute Gasteiger partial charge is 0.313 e. The van der Waals surface area contributed by atoms with Gasteiger partial charge in [-0.15, -0.1) is 0 Å². The summed E-state index contributed by atoms with van der Waals surface area (Å²) in [5, 5.41) is 13.1. The fourth-order valence-electron chi connectivity index (χ4n) is 1.82. The predicted octanol–water partition coefficient (Wildman–Crippen LogP) is 1.74. The van der Waals surface area contributed by atoms with Crippen molar-refractivity contribution < 1.29 is 14.6 Å². The summed E-state index contributed by atoms with van der Waals surface area (Å²) < 4.78 is 9.60. The van der Waals surface area contributed by atoms with E-state index in [4.69, 9.17) is 4.74 Å². The molecule has 0 radical (unpaired) electrons. The number of aliphatic carboxylic acids is 1. The molecule has 6 nitrogen and oxygen atoms in total. The maximum Gasteiger partial charge on any atom is 0.313 e. The summed E-state index contributed by atoms with van der Waals surface area (Å²) in [6, 6.07) is -0.286. The Morgan fingerprint density at radius 1 is 1.58 bits per heavy atom. The Morgan fingerprint density at radius 2 is 2.26 bits per heavy atom. The van der Waals surface area contributed by atoms with Gasteiger partial charge >= 0.3 is 5.97 Å². The van der Waals surface area contributed by atoms with Crippen LogP contribution in [0.25, 0.3) is 0 Å². The number of rotatable bonds is 3. The van der Waals surface area contributed by atoms with Crippen LogP contribution in [-0.2, 0) is 14.9 Å². The van der Waals surface area contributed by atoms with Crippen LogP contribution < -0.4 is 5.32 Å². The highest BCUT2D eigenvalue weighted by Gasteiger charge is 2.47. The molecule has 1 fully saturated rings. The minimum atomic E-state index is -0.923. The first-order chi connectivity index (χ1) is 8.73. The van der Waals surface area contributed by atoms with E-state index in [2.05, 4.69) is 14.7 Å². The summed E-state index contributed by atoms with van der Waals surface area (Å²) >= 11 is 1.26. The third kappa shape index (κ3) is 2.71. The van der Waals surface area contributed by atoms with E-state index in [9.17, 15) is 9.90 Å². The number of ether oxygens (including phenoxy) is 1. The lowest BCUT2D eigenvalue weighted by molar-refractivity contribution is -0.148. The van der Waals surface area contributed by atoms with Crippen LogP contribution >= 0.6 is 11.5 Å². The van der Waals surface area contributed by atoms with Crippen molar-refractivity contribution in [1.29, 1.82) is 0 Å². The van der Waals surface area contributed by atoms with E-state index in [0.717, 1.165) is 5.82 Å². The average molecular weight is 285 g/mol. The zero-order valence-electron chi connectivity index (χ0n) is 11.6. The number of nitrogens with one attached hydrogen (secondary N) is 1. The zero-order valence-corrected chi connectivity index (χ0v) is 12.4. The molecule has 0 bridgehead atoms. The van der Waals surface area contributed by atoms with Crippen LogP contribution in [0.15, 0.2) is 0 Å². The SMILES string of the molecule is CC(C)(C)c1nsc(NC2COCC2(C)C(=O)O)n1. The average Bonchev–Trinajstić information content (AvgIpc) is 2.87. The summed E-state index contributed by atoms with van der Waals surface area (Å²) in [6.45, 7) is 8.39. The van der Waals surface area contributed by atoms with Crippen molar-refractivity contribution in [3.8, 4) is 0 Å². The van der Waals surface area contributed by atoms with Crippen LogP contribution in [-0.4, -0.2) is 39.7 Å². The molecule has 0 spiro atoms. The molecule has 0 aliphatic carbocycles. The van der Waals surface area contributed by atoms with Gasteiger partial charge in [0.25, 0.3) is 0 Å². The highest BCUT2D eigenvalue weighted by Crippen LogP contribution is 2.32. The van der Waals surface area contributed by atoms with Crippen molar-refractivity contribution in [2.45, 2.75) is 39.2 Å². The summed E-state index contributed by atoms with van der Waals surface area (Å²) in [5.41, 5.74) is -1.04. The standard InChI is InChI=1S/C12H19N3O3S/c1-11(2,3)8-14-10(19-15-8)13-7-5-18-6-12(7,4)9(16)17/h7H,5-6H2,1-4H3,(H,16,17)(H,13,14,15). The van der Waals surface area contributed by atoms with Gasteiger partial charge in [-0.1, -0.05) is 20.8 Å². The normalized spacial score (nSPS) is 27.5. The maximum absolute atomic E-state index is 11.3. The summed E-state index contributed by atoms with van der Waals surface area (Å²) in [5.74, 6) is -0.0981. The Hall–Kier alpha value is -1.21. The first-order valence-electron chi connectivity index (χ1n) is 6.15. The van der Waals surface area contributed by atoms with Gasteiger partial charge in [-0.25, -0.2) is 4.98 Å². The number of anilines is 1. The monoisotopic (exact) mass is 285 g/mol. The molecule has 2 atom stereocenters. The Morgan fingerprint density at radius 3 is 2.79 bits per heavy atom. The van der Waals surface area contributed by atoms with Gasteiger partial charge in [-0.05, 0) is 6.92 Å². The summed E-state index contributed by atoms with van der Waals surface area (Å²) in [7, 11) is 0. The van der Waals surface area contributed by atoms with Crippen LogP contribution in [0.2, 0.25) is 0 Å². The number of carboxylic acids is 1. The fraction of sp³-hybridized carbons (Fsp3) is 0.750. The summed E-state index contributed by atoms with van der Waals surface area (Å²) in [6.07, 6.45) is 0. The summed E-state index contributed by atoms with van der Waals surface area (Å²) in [4.78, 5) is 15.8. The Bertz CT molecular complexity index is 483. The number of hydrogen-bond donors (Lipinski definition) is 2. The van der Waals surface area contributed by atoms with Crippen LogP contribution in [0, 0.1) is 5.41 Å². The highest BCUT2D eigenvalue weighted by molar-refractivity contribution is 7.09. The van der Waals surface area contributed by atoms with Gasteiger partial charge in [0, 0.05) is 16.9 Å². The largest absolute Gasteiger partial charge is 0.481 e. The molecule has 106 valence electrons. The van der Waals surface area contributed by atoms with Crippen molar-refractivity contribution in [1.82, 2.24) is 9.36 Å². The molecule has 1 aromatic rings. The molecule has 2 rings (SSSR count). The molecular formula is C12H19N3O3S. The van der Waals surface area contributed by atoms with Gasteiger partial charge in [-0.2, -0.15) is 4.37 Å². The second-order valence-corrected chi connectivity index (χ2v) is 6.86. The van der Waals surface area contributed by atoms with Crippen LogP contribution in [0.3, 0.4) is 0 Å². The van der Waals surface area contributed by atoms with Gasteiger partial charge in [0.05, 0.1) is 19.3 Å². The quantitative estimate of drug-likeness (QED) is 0.880. The highest BCUT2D eigenvalue weighted by atomic mass is 32.1. The van der Waals surface area contributed by atoms with Crippen molar-refractivity contribution >= 4 is 22.6 Å². The molecular weight excluding hydrogens is 266 g/mol. The van der Waals surface area contributed by atoms with Crippen molar-refractivity contribution in [3.63, 3.8) is 0 Å². The Kier molecular flexibility index (Phi) is 3.53. The molecule has 19 heavy (non-hydrogen) atoms. The first kappa shape index (κ1) is 14.2. The van der Waals surface area contributed by atoms with Crippen molar-refractivity contribution in [2.75, 3.05) is 18.5 Å². The first-order valence-corrected chi connectivity index (χ1v) is 6.93. The molecule has 2 N–H and O–H groups in total. The molecule has 2 heterocycles. The molecule has 1 saturated heterocycles. The molecule has 2 unspecified atom stereocenters. The third-order valence-electron chi connectivity index (χ3n) is 3.34. The molecule has 1 aliphatic rings. The maximum atomic E-state index is 11.3. The number of carbonyl (C=O) groups is 1. The van der Waals surface area contributed by atoms with E-state index in [1.807, 2.05) is 20.8 Å². The number of aromatic nitrogens is 2. The van der Waals surface area contributed by atoms with E-state index in [1.54, 1.807) is 6.92 Å². The van der Waals surface area contributed by atoms with Gasteiger partial charge in [0.2, 0.25) is 5.13 Å². The topological polar surface area (TPSA) is 84.3 Å². The van der Waals surface area contributed by atoms with Crippen LogP contribution in [0.4, 0.5) is 5.13 Å². The van der Waals surface area contributed by atoms with E-state index < -0.39 is 11.4 Å². The molecule has 0 amide bonds. The minimum absolute atomic E-state index is 0.112. The van der Waals surface area contributed by atoms with E-state index >= 15 is 0 Å². The number of hydrogen-bond acceptors (Lipinski definition) is 6. The molecule has 1 aromatic heterocycles.